The molecule has 0 saturated carbocycles. The summed E-state index contributed by atoms with van der Waals surface area (Å²) in [6.45, 7) is 6.40. The van der Waals surface area contributed by atoms with Crippen molar-refractivity contribution in [3.05, 3.63) is 161 Å². The second kappa shape index (κ2) is 12.6. The molecule has 0 aliphatic heterocycles. The molecule has 0 amide bonds. The first kappa shape index (κ1) is 28.5. The van der Waals surface area contributed by atoms with Crippen molar-refractivity contribution in [2.45, 2.75) is 32.9 Å². The number of carbonyl (C=O) groups is 1. The van der Waals surface area contributed by atoms with Crippen molar-refractivity contribution < 1.29 is 17.2 Å². The quantitative estimate of drug-likeness (QED) is 0.199. The molecular weight excluding hydrogens is 515 g/mol. The van der Waals surface area contributed by atoms with E-state index in [-0.39, 0.29) is 23.8 Å². The summed E-state index contributed by atoms with van der Waals surface area (Å²) in [4.78, 5) is 13.9. The van der Waals surface area contributed by atoms with E-state index < -0.39 is 7.26 Å². The third-order valence-corrected chi connectivity index (χ3v) is 12.2. The number of carbonyl (C=O) groups excluding carboxylic acids is 1. The number of aryl methyl sites for hydroxylation is 3. The van der Waals surface area contributed by atoms with Gasteiger partial charge in [-0.1, -0.05) is 114 Å². The van der Waals surface area contributed by atoms with Crippen molar-refractivity contribution in [2.75, 3.05) is 0 Å². The number of hydrogen-bond donors (Lipinski definition) is 0. The zero-order chi connectivity index (χ0) is 26.5. The topological polar surface area (TPSA) is 17.1 Å². The minimum absolute atomic E-state index is 0. The summed E-state index contributed by atoms with van der Waals surface area (Å²) in [5.74, 6) is 0.176. The number of hydrogen-bond acceptors (Lipinski definition) is 1. The summed E-state index contributed by atoms with van der Waals surface area (Å²) >= 11 is 0. The summed E-state index contributed by atoms with van der Waals surface area (Å²) in [5, 5.41) is 3.89. The molecule has 0 aromatic heterocycles. The Morgan fingerprint density at radius 3 is 1.28 bits per heavy atom. The predicted molar refractivity (Wildman–Crippen MR) is 164 cm³/mol. The van der Waals surface area contributed by atoms with Crippen molar-refractivity contribution in [2.24, 2.45) is 0 Å². The van der Waals surface area contributed by atoms with E-state index in [1.165, 1.54) is 38.2 Å². The van der Waals surface area contributed by atoms with Gasteiger partial charge in [0.15, 0.2) is 5.78 Å². The average Bonchev–Trinajstić information content (AvgIpc) is 2.96. The molecule has 0 saturated heterocycles. The van der Waals surface area contributed by atoms with Crippen molar-refractivity contribution in [3.63, 3.8) is 0 Å². The average molecular weight is 549 g/mol. The van der Waals surface area contributed by atoms with Crippen LogP contribution in [0.4, 0.5) is 0 Å². The zero-order valence-electron chi connectivity index (χ0n) is 22.7. The van der Waals surface area contributed by atoms with Gasteiger partial charge < -0.3 is 12.4 Å². The highest BCUT2D eigenvalue weighted by molar-refractivity contribution is 7.96. The summed E-state index contributed by atoms with van der Waals surface area (Å²) in [5.41, 5.74) is 5.64. The van der Waals surface area contributed by atoms with Crippen LogP contribution in [0.25, 0.3) is 0 Å². The van der Waals surface area contributed by atoms with Crippen molar-refractivity contribution in [1.29, 1.82) is 0 Å². The predicted octanol–water partition coefficient (Wildman–Crippen LogP) is 4.92. The maximum Gasteiger partial charge on any atom is 0.167 e. The second-order valence-corrected chi connectivity index (χ2v) is 13.8. The molecule has 5 aromatic rings. The molecular formula is C36H34ClOP. The van der Waals surface area contributed by atoms with Crippen LogP contribution < -0.4 is 28.3 Å². The normalized spacial score (nSPS) is 11.9. The van der Waals surface area contributed by atoms with Gasteiger partial charge in [-0.2, -0.15) is 0 Å². The van der Waals surface area contributed by atoms with E-state index in [0.717, 1.165) is 5.56 Å². The summed E-state index contributed by atoms with van der Waals surface area (Å²) in [6, 6.07) is 47.5. The van der Waals surface area contributed by atoms with E-state index >= 15 is 0 Å². The Labute approximate surface area is 239 Å². The smallest absolute Gasteiger partial charge is 0.167 e. The molecule has 1 atom stereocenters. The summed E-state index contributed by atoms with van der Waals surface area (Å²) < 4.78 is 0. The van der Waals surface area contributed by atoms with Crippen LogP contribution in [-0.2, 0) is 0 Å². The molecule has 0 aliphatic rings. The van der Waals surface area contributed by atoms with Crippen molar-refractivity contribution in [3.8, 4) is 0 Å². The fourth-order valence-corrected chi connectivity index (χ4v) is 10.3. The first-order chi connectivity index (χ1) is 18.5. The van der Waals surface area contributed by atoms with E-state index in [2.05, 4.69) is 124 Å². The molecule has 5 aromatic carbocycles. The molecule has 5 rings (SSSR count). The van der Waals surface area contributed by atoms with Gasteiger partial charge in [0.05, 0.1) is 6.42 Å². The van der Waals surface area contributed by atoms with Gasteiger partial charge in [-0.3, -0.25) is 4.79 Å². The minimum atomic E-state index is -2.34. The van der Waals surface area contributed by atoms with E-state index in [9.17, 15) is 4.79 Å². The molecule has 0 N–H and O–H groups in total. The molecule has 0 aliphatic carbocycles. The largest absolute Gasteiger partial charge is 1.00 e. The zero-order valence-corrected chi connectivity index (χ0v) is 24.4. The molecule has 3 heteroatoms. The lowest BCUT2D eigenvalue weighted by Gasteiger charge is -2.35. The van der Waals surface area contributed by atoms with E-state index in [4.69, 9.17) is 0 Å². The molecule has 0 bridgehead atoms. The van der Waals surface area contributed by atoms with Gasteiger partial charge in [-0.05, 0) is 62.7 Å². The first-order valence-corrected chi connectivity index (χ1v) is 15.1. The second-order valence-electron chi connectivity index (χ2n) is 10.1. The monoisotopic (exact) mass is 548 g/mol. The molecule has 39 heavy (non-hydrogen) atoms. The lowest BCUT2D eigenvalue weighted by molar-refractivity contribution is -0.0000155. The van der Waals surface area contributed by atoms with E-state index in [0.29, 0.717) is 6.42 Å². The molecule has 0 heterocycles. The highest BCUT2D eigenvalue weighted by atomic mass is 35.5. The fourth-order valence-electron chi connectivity index (χ4n) is 5.40. The maximum absolute atomic E-state index is 13.9. The Kier molecular flexibility index (Phi) is 9.18. The van der Waals surface area contributed by atoms with Gasteiger partial charge in [-0.25, -0.2) is 0 Å². The first-order valence-electron chi connectivity index (χ1n) is 13.2. The van der Waals surface area contributed by atoms with E-state index in [1.54, 1.807) is 0 Å². The Hall–Kier alpha value is -3.51. The van der Waals surface area contributed by atoms with Crippen molar-refractivity contribution >= 4 is 29.0 Å². The SMILES string of the molecule is Cc1ccc([P+](c2ccc(C)cc2)(c2ccc(C)cc2)C(CC(=O)c2ccccc2)c2ccccc2)cc1.[Cl-]. The lowest BCUT2D eigenvalue weighted by Crippen LogP contribution is -3.00. The maximum atomic E-state index is 13.9. The molecule has 0 spiro atoms. The van der Waals surface area contributed by atoms with Gasteiger partial charge in [0.2, 0.25) is 0 Å². The van der Waals surface area contributed by atoms with Gasteiger partial charge in [0.25, 0.3) is 0 Å². The van der Waals surface area contributed by atoms with Gasteiger partial charge >= 0.3 is 0 Å². The number of ketones is 1. The Balaban J connectivity index is 0.00000353. The highest BCUT2D eigenvalue weighted by Crippen LogP contribution is 2.68. The van der Waals surface area contributed by atoms with Crippen molar-refractivity contribution in [1.82, 2.24) is 0 Å². The summed E-state index contributed by atoms with van der Waals surface area (Å²) in [6.07, 6.45) is 0.428. The van der Waals surface area contributed by atoms with Crippen LogP contribution in [-0.4, -0.2) is 5.78 Å². The van der Waals surface area contributed by atoms with Gasteiger partial charge in [-0.15, -0.1) is 0 Å². The van der Waals surface area contributed by atoms with Gasteiger partial charge in [0.1, 0.15) is 28.8 Å². The molecule has 1 nitrogen and oxygen atoms in total. The van der Waals surface area contributed by atoms with Crippen LogP contribution in [0.3, 0.4) is 0 Å². The van der Waals surface area contributed by atoms with Crippen LogP contribution in [0.1, 0.15) is 44.7 Å². The van der Waals surface area contributed by atoms with Crippen LogP contribution in [0.15, 0.2) is 133 Å². The number of halogens is 1. The Bertz CT molecular complexity index is 1380. The van der Waals surface area contributed by atoms with Crippen LogP contribution in [0.5, 0.6) is 0 Å². The molecule has 1 unspecified atom stereocenters. The van der Waals surface area contributed by atoms with Crippen LogP contribution >= 0.6 is 7.26 Å². The van der Waals surface area contributed by atoms with Crippen LogP contribution in [0.2, 0.25) is 0 Å². The Morgan fingerprint density at radius 2 is 0.897 bits per heavy atom. The minimum Gasteiger partial charge on any atom is -1.00 e. The molecule has 0 fully saturated rings. The third kappa shape index (κ3) is 5.91. The fraction of sp³-hybridized carbons (Fsp3) is 0.139. The van der Waals surface area contributed by atoms with Crippen LogP contribution in [0, 0.1) is 20.8 Å². The summed E-state index contributed by atoms with van der Waals surface area (Å²) in [7, 11) is -2.34. The number of rotatable bonds is 8. The Morgan fingerprint density at radius 1 is 0.538 bits per heavy atom. The molecule has 196 valence electrons. The standard InChI is InChI=1S/C36H34OP.ClH/c1-27-14-20-32(21-15-27)38(33-22-16-28(2)17-23-33,34-24-18-29(3)19-25-34)36(31-12-8-5-9-13-31)26-35(37)30-10-6-4-7-11-30;/h4-25,36H,26H2,1-3H3;1H/q+1;/p-1. The molecule has 0 radical (unpaired) electrons. The van der Waals surface area contributed by atoms with Gasteiger partial charge in [0, 0.05) is 5.56 Å². The third-order valence-electron chi connectivity index (χ3n) is 7.45. The lowest BCUT2D eigenvalue weighted by atomic mass is 10.0. The number of benzene rings is 5. The highest BCUT2D eigenvalue weighted by Gasteiger charge is 2.53. The number of Topliss-reactive ketones (excluding diaryl/α,β-unsaturated/α-hetero) is 1. The van der Waals surface area contributed by atoms with E-state index in [1.807, 2.05) is 30.3 Å².